The van der Waals surface area contributed by atoms with Crippen LogP contribution in [0.15, 0.2) is 42.7 Å². The average molecular weight is 258 g/mol. The number of hydrogen-bond acceptors (Lipinski definition) is 3. The van der Waals surface area contributed by atoms with Gasteiger partial charge in [-0.3, -0.25) is 5.10 Å². The van der Waals surface area contributed by atoms with Crippen molar-refractivity contribution in [3.63, 3.8) is 0 Å². The van der Waals surface area contributed by atoms with E-state index in [1.807, 2.05) is 0 Å². The van der Waals surface area contributed by atoms with Crippen molar-refractivity contribution >= 4 is 5.97 Å². The van der Waals surface area contributed by atoms with Crippen molar-refractivity contribution < 1.29 is 13.9 Å². The minimum Gasteiger partial charge on any atom is -0.454 e. The van der Waals surface area contributed by atoms with Crippen molar-refractivity contribution in [3.05, 3.63) is 54.1 Å². The maximum absolute atomic E-state index is 13.5. The predicted molar refractivity (Wildman–Crippen MR) is 66.6 cm³/mol. The summed E-state index contributed by atoms with van der Waals surface area (Å²) >= 11 is 0. The number of ether oxygens (including phenoxy) is 1. The summed E-state index contributed by atoms with van der Waals surface area (Å²) in [5.74, 6) is -0.789. The number of cyclic esters (lactones) is 1. The number of halogens is 1. The van der Waals surface area contributed by atoms with Crippen molar-refractivity contribution in [1.82, 2.24) is 10.2 Å². The van der Waals surface area contributed by atoms with Gasteiger partial charge in [0.2, 0.25) is 0 Å². The Balaban J connectivity index is 2.07. The van der Waals surface area contributed by atoms with E-state index in [0.29, 0.717) is 17.6 Å². The quantitative estimate of drug-likeness (QED) is 0.665. The molecule has 0 aliphatic carbocycles. The third-order valence-corrected chi connectivity index (χ3v) is 3.14. The van der Waals surface area contributed by atoms with E-state index in [2.05, 4.69) is 16.8 Å². The molecule has 2 aromatic rings. The Labute approximate surface area is 108 Å². The number of carbonyl (C=O) groups excluding carboxylic acids is 1. The Hall–Kier alpha value is -2.43. The summed E-state index contributed by atoms with van der Waals surface area (Å²) in [5, 5.41) is 6.58. The van der Waals surface area contributed by atoms with Gasteiger partial charge in [0.25, 0.3) is 0 Å². The molecule has 0 saturated carbocycles. The molecular weight excluding hydrogens is 247 g/mol. The Bertz CT molecular complexity index is 633. The number of carbonyl (C=O) groups is 1. The number of aromatic amines is 1. The van der Waals surface area contributed by atoms with Gasteiger partial charge in [0, 0.05) is 29.3 Å². The average Bonchev–Trinajstić information content (AvgIpc) is 3.00. The molecular formula is C14H11FN2O2. The van der Waals surface area contributed by atoms with Crippen LogP contribution in [0, 0.1) is 5.82 Å². The summed E-state index contributed by atoms with van der Waals surface area (Å²) in [6, 6.07) is 4.42. The van der Waals surface area contributed by atoms with Crippen molar-refractivity contribution in [2.75, 3.05) is 0 Å². The van der Waals surface area contributed by atoms with E-state index in [1.54, 1.807) is 18.5 Å². The molecule has 0 radical (unpaired) electrons. The highest BCUT2D eigenvalue weighted by atomic mass is 19.1. The molecule has 4 nitrogen and oxygen atoms in total. The largest absolute Gasteiger partial charge is 0.454 e. The van der Waals surface area contributed by atoms with E-state index < -0.39 is 12.1 Å². The number of aromatic nitrogens is 2. The molecule has 1 aromatic carbocycles. The number of benzene rings is 1. The van der Waals surface area contributed by atoms with Gasteiger partial charge < -0.3 is 4.74 Å². The molecule has 1 saturated heterocycles. The molecule has 1 aliphatic rings. The molecule has 2 heterocycles. The number of hydrogen-bond donors (Lipinski definition) is 1. The molecule has 1 atom stereocenters. The summed E-state index contributed by atoms with van der Waals surface area (Å²) in [4.78, 5) is 11.4. The van der Waals surface area contributed by atoms with Crippen LogP contribution in [-0.2, 0) is 9.53 Å². The van der Waals surface area contributed by atoms with Gasteiger partial charge in [-0.1, -0.05) is 12.6 Å². The van der Waals surface area contributed by atoms with Crippen LogP contribution in [0.1, 0.15) is 18.1 Å². The van der Waals surface area contributed by atoms with Crippen molar-refractivity contribution in [2.24, 2.45) is 0 Å². The van der Waals surface area contributed by atoms with Crippen LogP contribution in [0.5, 0.6) is 0 Å². The molecule has 1 N–H and O–H groups in total. The van der Waals surface area contributed by atoms with E-state index in [4.69, 9.17) is 4.74 Å². The number of nitrogens with one attached hydrogen (secondary N) is 1. The molecule has 3 rings (SSSR count). The number of H-pyrrole nitrogens is 1. The van der Waals surface area contributed by atoms with Gasteiger partial charge >= 0.3 is 5.97 Å². The van der Waals surface area contributed by atoms with Gasteiger partial charge in [-0.15, -0.1) is 0 Å². The van der Waals surface area contributed by atoms with Gasteiger partial charge in [-0.25, -0.2) is 9.18 Å². The Morgan fingerprint density at radius 1 is 1.47 bits per heavy atom. The monoisotopic (exact) mass is 258 g/mol. The van der Waals surface area contributed by atoms with E-state index in [9.17, 15) is 9.18 Å². The lowest BCUT2D eigenvalue weighted by molar-refractivity contribution is -0.139. The number of esters is 1. The highest BCUT2D eigenvalue weighted by molar-refractivity contribution is 5.90. The zero-order valence-corrected chi connectivity index (χ0v) is 10.0. The lowest BCUT2D eigenvalue weighted by Gasteiger charge is -2.13. The van der Waals surface area contributed by atoms with Crippen LogP contribution in [0.2, 0.25) is 0 Å². The highest BCUT2D eigenvalue weighted by Crippen LogP contribution is 2.37. The zero-order chi connectivity index (χ0) is 13.4. The minimum atomic E-state index is -0.486. The zero-order valence-electron chi connectivity index (χ0n) is 10.0. The second kappa shape index (κ2) is 4.35. The number of nitrogens with zero attached hydrogens (tertiary/aromatic N) is 1. The lowest BCUT2D eigenvalue weighted by Crippen LogP contribution is -2.01. The molecule has 0 amide bonds. The second-order valence-corrected chi connectivity index (χ2v) is 4.42. The van der Waals surface area contributed by atoms with Gasteiger partial charge in [0.05, 0.1) is 6.20 Å². The van der Waals surface area contributed by atoms with E-state index in [0.717, 1.165) is 11.1 Å². The first kappa shape index (κ1) is 11.6. The molecule has 5 heteroatoms. The highest BCUT2D eigenvalue weighted by Gasteiger charge is 2.30. The topological polar surface area (TPSA) is 55.0 Å². The lowest BCUT2D eigenvalue weighted by atomic mass is 9.96. The standard InChI is InChI=1S/C14H11FN2O2/c1-8-4-13(19-14(8)18)12-5-10(15)2-3-11(12)9-6-16-17-7-9/h2-3,5-7,13H,1,4H2,(H,16,17). The van der Waals surface area contributed by atoms with Gasteiger partial charge in [-0.05, 0) is 17.7 Å². The van der Waals surface area contributed by atoms with Crippen LogP contribution in [0.25, 0.3) is 11.1 Å². The molecule has 0 spiro atoms. The first-order chi connectivity index (χ1) is 9.15. The fraction of sp³-hybridized carbons (Fsp3) is 0.143. The molecule has 96 valence electrons. The van der Waals surface area contributed by atoms with Crippen molar-refractivity contribution in [1.29, 1.82) is 0 Å². The summed E-state index contributed by atoms with van der Waals surface area (Å²) in [5.41, 5.74) is 2.66. The first-order valence-electron chi connectivity index (χ1n) is 5.82. The van der Waals surface area contributed by atoms with E-state index in [1.165, 1.54) is 12.1 Å². The molecule has 19 heavy (non-hydrogen) atoms. The normalized spacial score (nSPS) is 18.7. The Morgan fingerprint density at radius 3 is 2.95 bits per heavy atom. The minimum absolute atomic E-state index is 0.365. The molecule has 0 bridgehead atoms. The predicted octanol–water partition coefficient (Wildman–Crippen LogP) is 2.76. The van der Waals surface area contributed by atoms with Gasteiger partial charge in [0.15, 0.2) is 0 Å². The molecule has 1 fully saturated rings. The Kier molecular flexibility index (Phi) is 2.67. The molecule has 1 unspecified atom stereocenters. The molecule has 1 aliphatic heterocycles. The third kappa shape index (κ3) is 2.03. The van der Waals surface area contributed by atoms with Crippen LogP contribution in [0.4, 0.5) is 4.39 Å². The second-order valence-electron chi connectivity index (χ2n) is 4.42. The van der Waals surface area contributed by atoms with Crippen LogP contribution in [0.3, 0.4) is 0 Å². The van der Waals surface area contributed by atoms with E-state index >= 15 is 0 Å². The van der Waals surface area contributed by atoms with Crippen LogP contribution < -0.4 is 0 Å². The van der Waals surface area contributed by atoms with Crippen molar-refractivity contribution in [3.8, 4) is 11.1 Å². The molecule has 1 aromatic heterocycles. The third-order valence-electron chi connectivity index (χ3n) is 3.14. The Morgan fingerprint density at radius 2 is 2.32 bits per heavy atom. The summed E-state index contributed by atoms with van der Waals surface area (Å²) in [6.07, 6.45) is 3.25. The van der Waals surface area contributed by atoms with Crippen molar-refractivity contribution in [2.45, 2.75) is 12.5 Å². The maximum Gasteiger partial charge on any atom is 0.334 e. The van der Waals surface area contributed by atoms with E-state index in [-0.39, 0.29) is 5.82 Å². The van der Waals surface area contributed by atoms with Crippen LogP contribution >= 0.6 is 0 Å². The fourth-order valence-corrected chi connectivity index (χ4v) is 2.20. The smallest absolute Gasteiger partial charge is 0.334 e. The summed E-state index contributed by atoms with van der Waals surface area (Å²) in [7, 11) is 0. The summed E-state index contributed by atoms with van der Waals surface area (Å²) < 4.78 is 18.7. The summed E-state index contributed by atoms with van der Waals surface area (Å²) in [6.45, 7) is 3.64. The number of rotatable bonds is 2. The fourth-order valence-electron chi connectivity index (χ4n) is 2.20. The van der Waals surface area contributed by atoms with Gasteiger partial charge in [-0.2, -0.15) is 5.10 Å². The maximum atomic E-state index is 13.5. The van der Waals surface area contributed by atoms with Crippen LogP contribution in [-0.4, -0.2) is 16.2 Å². The first-order valence-corrected chi connectivity index (χ1v) is 5.82. The SMILES string of the molecule is C=C1CC(c2cc(F)ccc2-c2cn[nH]c2)OC1=O. The van der Waals surface area contributed by atoms with Gasteiger partial charge in [0.1, 0.15) is 11.9 Å².